The number of para-hydroxylation sites is 1. The molecule has 2 N–H and O–H groups in total. The van der Waals surface area contributed by atoms with Gasteiger partial charge in [-0.05, 0) is 72.9 Å². The largest absolute Gasteiger partial charge is 0.331 e. The van der Waals surface area contributed by atoms with Crippen molar-refractivity contribution in [3.05, 3.63) is 64.8 Å². The summed E-state index contributed by atoms with van der Waals surface area (Å²) >= 11 is 0. The summed E-state index contributed by atoms with van der Waals surface area (Å²) in [7, 11) is -3.55. The first kappa shape index (κ1) is 19.5. The molecule has 2 aliphatic rings. The number of nitriles is 1. The van der Waals surface area contributed by atoms with Crippen LogP contribution in [0.4, 0.5) is 10.5 Å². The summed E-state index contributed by atoms with van der Waals surface area (Å²) < 4.78 is 19.8. The topological polar surface area (TPSA) is 107 Å². The lowest BCUT2D eigenvalue weighted by molar-refractivity contribution is 0.257. The predicted molar refractivity (Wildman–Crippen MR) is 119 cm³/mol. The Bertz CT molecular complexity index is 1350. The number of fused-ring (bicyclic) bond motifs is 3. The molecule has 3 aromatic rings. The van der Waals surface area contributed by atoms with Gasteiger partial charge in [0.05, 0.1) is 10.4 Å². The van der Waals surface area contributed by atoms with Gasteiger partial charge in [-0.25, -0.2) is 13.7 Å². The first-order valence-electron chi connectivity index (χ1n) is 10.3. The minimum absolute atomic E-state index is 0.214. The number of rotatable bonds is 3. The molecule has 0 radical (unpaired) electrons. The van der Waals surface area contributed by atoms with E-state index < -0.39 is 15.9 Å². The molecule has 0 aliphatic heterocycles. The van der Waals surface area contributed by atoms with E-state index in [0.29, 0.717) is 5.52 Å². The summed E-state index contributed by atoms with van der Waals surface area (Å²) in [6.45, 7) is 0. The molecule has 0 bridgehead atoms. The average molecular weight is 432 g/mol. The van der Waals surface area contributed by atoms with E-state index in [1.165, 1.54) is 22.3 Å². The molecular weight excluding hydrogens is 410 g/mol. The lowest BCUT2D eigenvalue weighted by Gasteiger charge is -2.18. The highest BCUT2D eigenvalue weighted by atomic mass is 32.2. The van der Waals surface area contributed by atoms with Crippen LogP contribution in [0.2, 0.25) is 0 Å². The van der Waals surface area contributed by atoms with E-state index in [1.54, 1.807) is 30.6 Å². The molecule has 5 rings (SSSR count). The highest BCUT2D eigenvalue weighted by Gasteiger charge is 2.26. The van der Waals surface area contributed by atoms with Crippen molar-refractivity contribution in [2.45, 2.75) is 43.4 Å². The van der Waals surface area contributed by atoms with E-state index in [1.807, 2.05) is 12.1 Å². The van der Waals surface area contributed by atoms with Gasteiger partial charge < -0.3 is 5.32 Å². The molecule has 2 amide bonds. The number of hydrogen-bond donors (Lipinski definition) is 2. The maximum atomic E-state index is 13.7. The van der Waals surface area contributed by atoms with Crippen LogP contribution in [0, 0.1) is 11.5 Å². The third-order valence-corrected chi connectivity index (χ3v) is 7.73. The molecule has 156 valence electrons. The van der Waals surface area contributed by atoms with Gasteiger partial charge in [-0.15, -0.1) is 0 Å². The second kappa shape index (κ2) is 7.67. The third kappa shape index (κ3) is 3.41. The van der Waals surface area contributed by atoms with Crippen LogP contribution < -0.4 is 10.0 Å². The Morgan fingerprint density at radius 3 is 2.48 bits per heavy atom. The quantitative estimate of drug-likeness (QED) is 0.604. The van der Waals surface area contributed by atoms with Crippen molar-refractivity contribution in [2.24, 2.45) is 4.36 Å². The predicted octanol–water partition coefficient (Wildman–Crippen LogP) is 4.26. The zero-order valence-electron chi connectivity index (χ0n) is 16.9. The average Bonchev–Trinajstić information content (AvgIpc) is 3.42. The van der Waals surface area contributed by atoms with Crippen molar-refractivity contribution < 1.29 is 9.00 Å². The normalized spacial score (nSPS) is 16.1. The standard InChI is InChI=1S/C23H21N5O2S/c24-14-26-31(30,20-11-3-5-15-8-4-12-25-21(15)20)28-23(29)27-22-18-9-1-6-16(18)13-17-7-2-10-19(17)22/h3-5,8,11-13H,1-2,6-7,9-10H2,(H2,26,27,28,29,30). The van der Waals surface area contributed by atoms with Crippen LogP contribution in [0.25, 0.3) is 10.9 Å². The summed E-state index contributed by atoms with van der Waals surface area (Å²) in [6.07, 6.45) is 9.18. The van der Waals surface area contributed by atoms with E-state index in [2.05, 4.69) is 25.5 Å². The van der Waals surface area contributed by atoms with Gasteiger partial charge in [0.15, 0.2) is 9.92 Å². The fourth-order valence-corrected chi connectivity index (χ4v) is 6.08. The minimum Gasteiger partial charge on any atom is -0.307 e. The SMILES string of the molecule is N#CN=S(=O)(NC(=O)Nc1c2c(cc3c1CCC3)CCC2)c1cccc2cccnc12. The number of nitrogens with one attached hydrogen (secondary N) is 2. The Morgan fingerprint density at radius 1 is 1.06 bits per heavy atom. The number of hydrogen-bond acceptors (Lipinski definition) is 5. The van der Waals surface area contributed by atoms with Crippen LogP contribution in [-0.4, -0.2) is 15.2 Å². The molecular formula is C23H21N5O2S. The zero-order chi connectivity index (χ0) is 21.4. The highest BCUT2D eigenvalue weighted by Crippen LogP contribution is 2.38. The van der Waals surface area contributed by atoms with Gasteiger partial charge in [0, 0.05) is 17.3 Å². The van der Waals surface area contributed by atoms with Crippen LogP contribution >= 0.6 is 0 Å². The first-order chi connectivity index (χ1) is 15.1. The van der Waals surface area contributed by atoms with Gasteiger partial charge in [-0.2, -0.15) is 5.26 Å². The van der Waals surface area contributed by atoms with Crippen LogP contribution in [-0.2, 0) is 35.6 Å². The molecule has 8 heteroatoms. The number of urea groups is 1. The Labute approximate surface area is 180 Å². The van der Waals surface area contributed by atoms with E-state index in [-0.39, 0.29) is 4.90 Å². The van der Waals surface area contributed by atoms with Crippen LogP contribution in [0.15, 0.2) is 51.9 Å². The molecule has 31 heavy (non-hydrogen) atoms. The summed E-state index contributed by atoms with van der Waals surface area (Å²) in [5.74, 6) is 0. The Hall–Kier alpha value is -3.44. The number of anilines is 1. The fourth-order valence-electron chi connectivity index (χ4n) is 4.72. The molecule has 1 unspecified atom stereocenters. The molecule has 0 fully saturated rings. The number of amides is 2. The third-order valence-electron chi connectivity index (χ3n) is 6.01. The second-order valence-corrected chi connectivity index (χ2v) is 9.72. The van der Waals surface area contributed by atoms with Crippen molar-refractivity contribution in [1.82, 2.24) is 9.71 Å². The van der Waals surface area contributed by atoms with Crippen LogP contribution in [0.1, 0.15) is 35.1 Å². The number of benzene rings is 2. The molecule has 7 nitrogen and oxygen atoms in total. The van der Waals surface area contributed by atoms with E-state index in [0.717, 1.165) is 49.6 Å². The monoisotopic (exact) mass is 431 g/mol. The van der Waals surface area contributed by atoms with E-state index in [9.17, 15) is 14.3 Å². The molecule has 1 heterocycles. The van der Waals surface area contributed by atoms with Gasteiger partial charge >= 0.3 is 6.03 Å². The van der Waals surface area contributed by atoms with Crippen LogP contribution in [0.5, 0.6) is 0 Å². The Kier molecular flexibility index (Phi) is 4.83. The molecule has 0 spiro atoms. The Morgan fingerprint density at radius 2 is 1.77 bits per heavy atom. The maximum absolute atomic E-state index is 13.7. The summed E-state index contributed by atoms with van der Waals surface area (Å²) in [4.78, 5) is 17.5. The number of aryl methyl sites for hydroxylation is 2. The van der Waals surface area contributed by atoms with E-state index >= 15 is 0 Å². The molecule has 2 aliphatic carbocycles. The number of carbonyl (C=O) groups is 1. The minimum atomic E-state index is -3.55. The molecule has 1 atom stereocenters. The fraction of sp³-hybridized carbons (Fsp3) is 0.261. The number of carbonyl (C=O) groups excluding carboxylic acids is 1. The highest BCUT2D eigenvalue weighted by molar-refractivity contribution is 7.92. The van der Waals surface area contributed by atoms with Crippen molar-refractivity contribution >= 4 is 32.5 Å². The van der Waals surface area contributed by atoms with E-state index in [4.69, 9.17) is 0 Å². The first-order valence-corrected chi connectivity index (χ1v) is 11.8. The zero-order valence-corrected chi connectivity index (χ0v) is 17.7. The summed E-state index contributed by atoms with van der Waals surface area (Å²) in [5.41, 5.74) is 6.21. The Balaban J connectivity index is 1.52. The van der Waals surface area contributed by atoms with Gasteiger partial charge in [0.2, 0.25) is 6.19 Å². The molecule has 1 aromatic heterocycles. The van der Waals surface area contributed by atoms with Gasteiger partial charge in [0.1, 0.15) is 0 Å². The van der Waals surface area contributed by atoms with Gasteiger partial charge in [0.25, 0.3) is 0 Å². The van der Waals surface area contributed by atoms with Crippen molar-refractivity contribution in [1.29, 1.82) is 5.26 Å². The van der Waals surface area contributed by atoms with Crippen molar-refractivity contribution in [3.8, 4) is 6.19 Å². The lowest BCUT2D eigenvalue weighted by Crippen LogP contribution is -2.35. The van der Waals surface area contributed by atoms with Gasteiger partial charge in [-0.3, -0.25) is 4.98 Å². The lowest BCUT2D eigenvalue weighted by atomic mass is 9.99. The van der Waals surface area contributed by atoms with Crippen molar-refractivity contribution in [2.75, 3.05) is 5.32 Å². The molecule has 0 saturated carbocycles. The van der Waals surface area contributed by atoms with Crippen LogP contribution in [0.3, 0.4) is 0 Å². The second-order valence-electron chi connectivity index (χ2n) is 7.84. The van der Waals surface area contributed by atoms with Gasteiger partial charge in [-0.1, -0.05) is 28.6 Å². The molecule has 0 saturated heterocycles. The smallest absolute Gasteiger partial charge is 0.307 e. The number of aromatic nitrogens is 1. The van der Waals surface area contributed by atoms with Crippen molar-refractivity contribution in [3.63, 3.8) is 0 Å². The molecule has 2 aromatic carbocycles. The summed E-state index contributed by atoms with van der Waals surface area (Å²) in [6, 6.07) is 10.4. The number of pyridine rings is 1. The summed E-state index contributed by atoms with van der Waals surface area (Å²) in [5, 5.41) is 12.9. The number of nitrogens with zero attached hydrogens (tertiary/aromatic N) is 3. The maximum Gasteiger partial charge on any atom is 0.331 e.